The number of nitrogens with one attached hydrogen (secondary N) is 1. The number of hydrogen-bond acceptors (Lipinski definition) is 5. The Labute approximate surface area is 122 Å². The monoisotopic (exact) mass is 310 g/mol. The molecule has 0 radical (unpaired) electrons. The number of nitrogen functional groups attached to an aromatic ring is 1. The topological polar surface area (TPSA) is 111 Å². The number of hydrogen-bond donors (Lipinski definition) is 2. The number of nitro groups is 1. The van der Waals surface area contributed by atoms with Crippen LogP contribution in [0.5, 0.6) is 0 Å². The summed E-state index contributed by atoms with van der Waals surface area (Å²) in [5.41, 5.74) is 5.02. The van der Waals surface area contributed by atoms with Gasteiger partial charge in [-0.25, -0.2) is 9.37 Å². The van der Waals surface area contributed by atoms with Crippen LogP contribution < -0.4 is 11.1 Å². The molecule has 0 unspecified atom stereocenters. The van der Waals surface area contributed by atoms with Crippen molar-refractivity contribution in [3.63, 3.8) is 0 Å². The normalized spacial score (nSPS) is 10.2. The van der Waals surface area contributed by atoms with Crippen LogP contribution in [0.25, 0.3) is 0 Å². The number of pyridine rings is 1. The Balaban J connectivity index is 2.29. The molecule has 0 atom stereocenters. The summed E-state index contributed by atoms with van der Waals surface area (Å²) >= 11 is 5.67. The molecule has 1 aromatic carbocycles. The Hall–Kier alpha value is -2.74. The van der Waals surface area contributed by atoms with E-state index in [9.17, 15) is 19.3 Å². The Morgan fingerprint density at radius 2 is 2.05 bits per heavy atom. The molecule has 1 aromatic heterocycles. The average molecular weight is 311 g/mol. The largest absolute Gasteiger partial charge is 0.384 e. The second-order valence-corrected chi connectivity index (χ2v) is 4.40. The van der Waals surface area contributed by atoms with Gasteiger partial charge in [0.1, 0.15) is 16.8 Å². The molecule has 0 saturated carbocycles. The van der Waals surface area contributed by atoms with E-state index in [-0.39, 0.29) is 22.2 Å². The van der Waals surface area contributed by atoms with Crippen molar-refractivity contribution in [2.45, 2.75) is 0 Å². The fraction of sp³-hybridized carbons (Fsp3) is 0. The van der Waals surface area contributed by atoms with Gasteiger partial charge in [0.2, 0.25) is 0 Å². The highest BCUT2D eigenvalue weighted by atomic mass is 35.5. The zero-order valence-corrected chi connectivity index (χ0v) is 11.1. The molecule has 1 heterocycles. The SMILES string of the molecule is Nc1cc(C(=O)Nc2cc(F)cc([N+](=O)[O-])c2)cc(Cl)n1. The number of non-ortho nitro benzene ring substituents is 1. The first kappa shape index (κ1) is 14.7. The van der Waals surface area contributed by atoms with E-state index in [4.69, 9.17) is 17.3 Å². The summed E-state index contributed by atoms with van der Waals surface area (Å²) in [6.07, 6.45) is 0. The Kier molecular flexibility index (Phi) is 3.99. The highest BCUT2D eigenvalue weighted by molar-refractivity contribution is 6.30. The van der Waals surface area contributed by atoms with Crippen LogP contribution in [-0.4, -0.2) is 15.8 Å². The minimum absolute atomic E-state index is 0.0189. The molecule has 0 aliphatic rings. The van der Waals surface area contributed by atoms with Crippen molar-refractivity contribution in [2.24, 2.45) is 0 Å². The molecule has 0 bridgehead atoms. The molecule has 0 spiro atoms. The van der Waals surface area contributed by atoms with E-state index in [1.54, 1.807) is 0 Å². The Bertz CT molecular complexity index is 718. The summed E-state index contributed by atoms with van der Waals surface area (Å²) in [4.78, 5) is 25.5. The average Bonchev–Trinajstić information content (AvgIpc) is 2.36. The number of amides is 1. The predicted octanol–water partition coefficient (Wildman–Crippen LogP) is 2.62. The van der Waals surface area contributed by atoms with Crippen LogP contribution in [0.2, 0.25) is 5.15 Å². The van der Waals surface area contributed by atoms with Crippen LogP contribution in [0.1, 0.15) is 10.4 Å². The van der Waals surface area contributed by atoms with E-state index in [0.717, 1.165) is 18.2 Å². The van der Waals surface area contributed by atoms with Crippen LogP contribution in [0, 0.1) is 15.9 Å². The molecule has 7 nitrogen and oxygen atoms in total. The van der Waals surface area contributed by atoms with Crippen molar-refractivity contribution in [1.29, 1.82) is 0 Å². The molecule has 21 heavy (non-hydrogen) atoms. The summed E-state index contributed by atoms with van der Waals surface area (Å²) in [5, 5.41) is 13.0. The maximum Gasteiger partial charge on any atom is 0.274 e. The quantitative estimate of drug-likeness (QED) is 0.514. The summed E-state index contributed by atoms with van der Waals surface area (Å²) in [6.45, 7) is 0. The molecule has 2 aromatic rings. The van der Waals surface area contributed by atoms with Gasteiger partial charge >= 0.3 is 0 Å². The fourth-order valence-electron chi connectivity index (χ4n) is 1.60. The van der Waals surface area contributed by atoms with E-state index >= 15 is 0 Å². The van der Waals surface area contributed by atoms with Gasteiger partial charge in [0.05, 0.1) is 16.7 Å². The summed E-state index contributed by atoms with van der Waals surface area (Å²) in [7, 11) is 0. The molecule has 0 saturated heterocycles. The third-order valence-corrected chi connectivity index (χ3v) is 2.62. The molecule has 0 aliphatic carbocycles. The Morgan fingerprint density at radius 1 is 1.33 bits per heavy atom. The van der Waals surface area contributed by atoms with Gasteiger partial charge in [0, 0.05) is 11.6 Å². The van der Waals surface area contributed by atoms with Gasteiger partial charge in [0.25, 0.3) is 11.6 Å². The molecule has 1 amide bonds. The molecule has 2 rings (SSSR count). The smallest absolute Gasteiger partial charge is 0.274 e. The Morgan fingerprint density at radius 3 is 2.67 bits per heavy atom. The van der Waals surface area contributed by atoms with E-state index in [0.29, 0.717) is 0 Å². The first-order valence-electron chi connectivity index (χ1n) is 5.54. The van der Waals surface area contributed by atoms with E-state index in [1.807, 2.05) is 0 Å². The van der Waals surface area contributed by atoms with Crippen molar-refractivity contribution in [3.8, 4) is 0 Å². The lowest BCUT2D eigenvalue weighted by Crippen LogP contribution is -2.13. The fourth-order valence-corrected chi connectivity index (χ4v) is 1.82. The van der Waals surface area contributed by atoms with E-state index in [2.05, 4.69) is 10.3 Å². The van der Waals surface area contributed by atoms with Crippen molar-refractivity contribution < 1.29 is 14.1 Å². The summed E-state index contributed by atoms with van der Waals surface area (Å²) < 4.78 is 13.3. The van der Waals surface area contributed by atoms with Gasteiger partial charge in [0.15, 0.2) is 0 Å². The maximum atomic E-state index is 13.3. The van der Waals surface area contributed by atoms with Crippen LogP contribution in [-0.2, 0) is 0 Å². The number of anilines is 2. The number of benzene rings is 1. The van der Waals surface area contributed by atoms with Gasteiger partial charge in [-0.2, -0.15) is 0 Å². The van der Waals surface area contributed by atoms with E-state index in [1.165, 1.54) is 12.1 Å². The summed E-state index contributed by atoms with van der Waals surface area (Å²) in [6, 6.07) is 5.27. The molecule has 108 valence electrons. The minimum Gasteiger partial charge on any atom is -0.384 e. The third-order valence-electron chi connectivity index (χ3n) is 2.43. The number of rotatable bonds is 3. The highest BCUT2D eigenvalue weighted by Crippen LogP contribution is 2.21. The number of halogens is 2. The first-order valence-corrected chi connectivity index (χ1v) is 5.92. The lowest BCUT2D eigenvalue weighted by molar-refractivity contribution is -0.385. The molecule has 0 aliphatic heterocycles. The van der Waals surface area contributed by atoms with Crippen LogP contribution in [0.15, 0.2) is 30.3 Å². The number of nitrogens with two attached hydrogens (primary N) is 1. The second kappa shape index (κ2) is 5.71. The first-order chi connectivity index (χ1) is 9.85. The maximum absolute atomic E-state index is 13.3. The number of carbonyl (C=O) groups is 1. The number of aromatic nitrogens is 1. The zero-order chi connectivity index (χ0) is 15.6. The van der Waals surface area contributed by atoms with Gasteiger partial charge in [-0.3, -0.25) is 14.9 Å². The van der Waals surface area contributed by atoms with Crippen molar-refractivity contribution in [1.82, 2.24) is 4.98 Å². The minimum atomic E-state index is -0.841. The second-order valence-electron chi connectivity index (χ2n) is 4.01. The van der Waals surface area contributed by atoms with Crippen molar-refractivity contribution >= 4 is 34.7 Å². The van der Waals surface area contributed by atoms with Crippen LogP contribution >= 0.6 is 11.6 Å². The van der Waals surface area contributed by atoms with Gasteiger partial charge in [-0.1, -0.05) is 11.6 Å². The standard InChI is InChI=1S/C12H8ClFN4O3/c13-10-1-6(2-11(15)17-10)12(19)16-8-3-7(14)4-9(5-8)18(20)21/h1-5H,(H2,15,17)(H,16,19). The lowest BCUT2D eigenvalue weighted by Gasteiger charge is -2.06. The zero-order valence-electron chi connectivity index (χ0n) is 10.3. The van der Waals surface area contributed by atoms with E-state index < -0.39 is 22.3 Å². The number of nitro benzene ring substituents is 1. The highest BCUT2D eigenvalue weighted by Gasteiger charge is 2.13. The van der Waals surface area contributed by atoms with Crippen molar-refractivity contribution in [2.75, 3.05) is 11.1 Å². The lowest BCUT2D eigenvalue weighted by atomic mass is 10.2. The predicted molar refractivity (Wildman–Crippen MR) is 74.7 cm³/mol. The van der Waals surface area contributed by atoms with Crippen LogP contribution in [0.4, 0.5) is 21.6 Å². The third kappa shape index (κ3) is 3.63. The van der Waals surface area contributed by atoms with Crippen LogP contribution in [0.3, 0.4) is 0 Å². The summed E-state index contributed by atoms with van der Waals surface area (Å²) in [5.74, 6) is -1.45. The number of nitrogens with zero attached hydrogens (tertiary/aromatic N) is 2. The van der Waals surface area contributed by atoms with Gasteiger partial charge in [-0.15, -0.1) is 0 Å². The van der Waals surface area contributed by atoms with Gasteiger partial charge < -0.3 is 11.1 Å². The van der Waals surface area contributed by atoms with Crippen molar-refractivity contribution in [3.05, 3.63) is 57.0 Å². The molecular weight excluding hydrogens is 303 g/mol. The molecular formula is C12H8ClFN4O3. The molecule has 9 heteroatoms. The van der Waals surface area contributed by atoms with Gasteiger partial charge in [-0.05, 0) is 18.2 Å². The molecule has 0 fully saturated rings. The molecule has 3 N–H and O–H groups in total. The number of carbonyl (C=O) groups excluding carboxylic acids is 1.